The van der Waals surface area contributed by atoms with E-state index in [-0.39, 0.29) is 0 Å². The summed E-state index contributed by atoms with van der Waals surface area (Å²) in [6.07, 6.45) is 0. The minimum absolute atomic E-state index is 0.785. The molecule has 266 valence electrons. The number of imidazole rings is 2. The SMILES string of the molecule is c1cc(-n2c3ccccc3c3cc(-n4c5ccccc5c5ccccc54)ccc32)cc(-n2c3nc4ccccc4n3c3ccccc3n3c4ccccc4nc23)c1. The van der Waals surface area contributed by atoms with Crippen molar-refractivity contribution in [2.75, 3.05) is 0 Å². The summed E-state index contributed by atoms with van der Waals surface area (Å²) >= 11 is 0. The van der Waals surface area contributed by atoms with Gasteiger partial charge >= 0.3 is 0 Å². The summed E-state index contributed by atoms with van der Waals surface area (Å²) in [5.41, 5.74) is 13.9. The standard InChI is InChI=1S/C50H31N7/c1-6-21-41-35(16-1)36-17-2-7-22-42(36)54(41)34-28-29-44-38(31-34)37-18-3-8-23-43(37)53(44)32-14-13-15-33(30-32)55-49-51-39-19-4-9-24-45(39)56(49)47-26-11-12-27-48(47)57-46-25-10-5-20-40(46)52-50(55)57/h1-31H. The molecule has 0 aliphatic carbocycles. The largest absolute Gasteiger partial charge is 0.309 e. The van der Waals surface area contributed by atoms with Gasteiger partial charge in [0.15, 0.2) is 0 Å². The van der Waals surface area contributed by atoms with Crippen LogP contribution in [0.15, 0.2) is 188 Å². The van der Waals surface area contributed by atoms with Crippen LogP contribution in [-0.4, -0.2) is 32.5 Å². The lowest BCUT2D eigenvalue weighted by molar-refractivity contribution is 1.02. The number of hydrogen-bond donors (Lipinski definition) is 0. The van der Waals surface area contributed by atoms with Crippen molar-refractivity contribution >= 4 is 88.3 Å². The van der Waals surface area contributed by atoms with E-state index in [0.717, 1.165) is 72.8 Å². The maximum Gasteiger partial charge on any atom is 0.223 e. The molecule has 0 saturated carbocycles. The quantitative estimate of drug-likeness (QED) is 0.182. The summed E-state index contributed by atoms with van der Waals surface area (Å²) in [6, 6.07) is 67.1. The minimum atomic E-state index is 0.785. The van der Waals surface area contributed by atoms with Gasteiger partial charge in [0.2, 0.25) is 11.6 Å². The number of aromatic nitrogens is 7. The summed E-state index contributed by atoms with van der Waals surface area (Å²) in [5.74, 6) is 1.57. The van der Waals surface area contributed by atoms with Crippen molar-refractivity contribution < 1.29 is 0 Å². The number of fused-ring (bicyclic) bond motifs is 15. The highest BCUT2D eigenvalue weighted by Crippen LogP contribution is 2.38. The first-order chi connectivity index (χ1) is 28.3. The first-order valence-corrected chi connectivity index (χ1v) is 19.3. The lowest BCUT2D eigenvalue weighted by Crippen LogP contribution is -2.03. The van der Waals surface area contributed by atoms with Gasteiger partial charge in [0.05, 0.1) is 60.9 Å². The molecule has 8 aromatic carbocycles. The molecule has 0 N–H and O–H groups in total. The second-order valence-corrected chi connectivity index (χ2v) is 14.7. The average molecular weight is 730 g/mol. The van der Waals surface area contributed by atoms with Crippen molar-refractivity contribution in [2.45, 2.75) is 0 Å². The molecule has 7 nitrogen and oxygen atoms in total. The Labute approximate surface area is 324 Å². The third-order valence-electron chi connectivity index (χ3n) is 11.7. The molecular formula is C50H31N7. The van der Waals surface area contributed by atoms with Crippen molar-refractivity contribution in [3.63, 3.8) is 0 Å². The highest BCUT2D eigenvalue weighted by molar-refractivity contribution is 6.12. The van der Waals surface area contributed by atoms with E-state index in [1.54, 1.807) is 0 Å². The van der Waals surface area contributed by atoms with E-state index in [9.17, 15) is 0 Å². The summed E-state index contributed by atoms with van der Waals surface area (Å²) in [5, 5.41) is 4.91. The molecule has 57 heavy (non-hydrogen) atoms. The molecule has 13 rings (SSSR count). The molecule has 0 spiro atoms. The van der Waals surface area contributed by atoms with Crippen LogP contribution in [0.5, 0.6) is 0 Å². The smallest absolute Gasteiger partial charge is 0.223 e. The second-order valence-electron chi connectivity index (χ2n) is 14.7. The molecule has 0 unspecified atom stereocenters. The van der Waals surface area contributed by atoms with Crippen molar-refractivity contribution in [2.24, 2.45) is 0 Å². The highest BCUT2D eigenvalue weighted by atomic mass is 15.3. The van der Waals surface area contributed by atoms with Gasteiger partial charge in [-0.3, -0.25) is 8.80 Å². The van der Waals surface area contributed by atoms with Crippen LogP contribution in [0, 0.1) is 0 Å². The van der Waals surface area contributed by atoms with Gasteiger partial charge in [-0.15, -0.1) is 0 Å². The van der Waals surface area contributed by atoms with Gasteiger partial charge in [0.25, 0.3) is 0 Å². The van der Waals surface area contributed by atoms with Gasteiger partial charge in [-0.2, -0.15) is 0 Å². The van der Waals surface area contributed by atoms with Crippen molar-refractivity contribution in [1.82, 2.24) is 32.5 Å². The Morgan fingerprint density at radius 2 is 0.649 bits per heavy atom. The van der Waals surface area contributed by atoms with Gasteiger partial charge in [-0.25, -0.2) is 14.5 Å². The monoisotopic (exact) mass is 729 g/mol. The molecule has 13 aromatic rings. The lowest BCUT2D eigenvalue weighted by Gasteiger charge is -2.13. The Hall–Kier alpha value is -7.90. The third kappa shape index (κ3) is 4.14. The van der Waals surface area contributed by atoms with Crippen LogP contribution in [0.3, 0.4) is 0 Å². The highest BCUT2D eigenvalue weighted by Gasteiger charge is 2.21. The van der Waals surface area contributed by atoms with Crippen molar-refractivity contribution in [1.29, 1.82) is 0 Å². The molecule has 0 radical (unpaired) electrons. The molecule has 0 aliphatic heterocycles. The van der Waals surface area contributed by atoms with Crippen molar-refractivity contribution in [3.8, 4) is 17.1 Å². The predicted molar refractivity (Wildman–Crippen MR) is 233 cm³/mol. The molecule has 7 heteroatoms. The predicted octanol–water partition coefficient (Wildman–Crippen LogP) is 12.0. The molecular weight excluding hydrogens is 699 g/mol. The number of hydrogen-bond acceptors (Lipinski definition) is 2. The van der Waals surface area contributed by atoms with Crippen LogP contribution >= 0.6 is 0 Å². The summed E-state index contributed by atoms with van der Waals surface area (Å²) < 4.78 is 11.6. The maximum absolute atomic E-state index is 5.33. The zero-order valence-corrected chi connectivity index (χ0v) is 30.5. The maximum atomic E-state index is 5.33. The zero-order valence-electron chi connectivity index (χ0n) is 30.5. The average Bonchev–Trinajstić information content (AvgIpc) is 4.00. The fraction of sp³-hybridized carbons (Fsp3) is 0. The van der Waals surface area contributed by atoms with E-state index in [4.69, 9.17) is 9.97 Å². The number of para-hydroxylation sites is 9. The van der Waals surface area contributed by atoms with Gasteiger partial charge < -0.3 is 9.13 Å². The second kappa shape index (κ2) is 11.3. The molecule has 0 saturated heterocycles. The lowest BCUT2D eigenvalue weighted by atomic mass is 10.1. The Bertz CT molecular complexity index is 3670. The van der Waals surface area contributed by atoms with E-state index in [1.165, 1.54) is 32.6 Å². The van der Waals surface area contributed by atoms with Crippen LogP contribution in [0.25, 0.3) is 105 Å². The van der Waals surface area contributed by atoms with Crippen LogP contribution in [-0.2, 0) is 0 Å². The zero-order chi connectivity index (χ0) is 37.2. The van der Waals surface area contributed by atoms with Gasteiger partial charge in [0, 0.05) is 32.9 Å². The molecule has 5 heterocycles. The fourth-order valence-electron chi connectivity index (χ4n) is 9.31. The Balaban J connectivity index is 1.11. The Kier molecular flexibility index (Phi) is 6.04. The summed E-state index contributed by atoms with van der Waals surface area (Å²) in [7, 11) is 0. The molecule has 5 aromatic heterocycles. The molecule has 0 aliphatic rings. The summed E-state index contributed by atoms with van der Waals surface area (Å²) in [4.78, 5) is 10.7. The van der Waals surface area contributed by atoms with E-state index >= 15 is 0 Å². The van der Waals surface area contributed by atoms with Crippen molar-refractivity contribution in [3.05, 3.63) is 188 Å². The van der Waals surface area contributed by atoms with Gasteiger partial charge in [0.1, 0.15) is 0 Å². The molecule has 0 bridgehead atoms. The minimum Gasteiger partial charge on any atom is -0.309 e. The molecule has 0 atom stereocenters. The number of nitrogens with zero attached hydrogens (tertiary/aromatic N) is 7. The first kappa shape index (κ1) is 30.4. The van der Waals surface area contributed by atoms with Gasteiger partial charge in [-0.05, 0) is 91.0 Å². The first-order valence-electron chi connectivity index (χ1n) is 19.3. The van der Waals surface area contributed by atoms with E-state index in [1.807, 2.05) is 0 Å². The molecule has 0 amide bonds. The number of benzene rings is 8. The van der Waals surface area contributed by atoms with Crippen LogP contribution in [0.1, 0.15) is 0 Å². The molecule has 0 fully saturated rings. The topological polar surface area (TPSA) is 49.4 Å². The van der Waals surface area contributed by atoms with Crippen LogP contribution in [0.2, 0.25) is 0 Å². The van der Waals surface area contributed by atoms with Crippen LogP contribution < -0.4 is 0 Å². The Morgan fingerprint density at radius 3 is 1.18 bits per heavy atom. The van der Waals surface area contributed by atoms with E-state index < -0.39 is 0 Å². The Morgan fingerprint density at radius 1 is 0.263 bits per heavy atom. The van der Waals surface area contributed by atoms with Crippen LogP contribution in [0.4, 0.5) is 0 Å². The number of rotatable bonds is 3. The van der Waals surface area contributed by atoms with E-state index in [2.05, 4.69) is 211 Å². The fourth-order valence-corrected chi connectivity index (χ4v) is 9.31. The van der Waals surface area contributed by atoms with E-state index in [0.29, 0.717) is 0 Å². The third-order valence-corrected chi connectivity index (χ3v) is 11.7. The van der Waals surface area contributed by atoms with Gasteiger partial charge in [-0.1, -0.05) is 97.1 Å². The normalized spacial score (nSPS) is 12.2. The summed E-state index contributed by atoms with van der Waals surface area (Å²) in [6.45, 7) is 0.